The lowest BCUT2D eigenvalue weighted by Crippen LogP contribution is -2.19. The van der Waals surface area contributed by atoms with Crippen LogP contribution in [0.3, 0.4) is 0 Å². The molecule has 5 nitrogen and oxygen atoms in total. The van der Waals surface area contributed by atoms with E-state index in [0.29, 0.717) is 10.2 Å². The van der Waals surface area contributed by atoms with Gasteiger partial charge in [-0.05, 0) is 55.0 Å². The highest BCUT2D eigenvalue weighted by atomic mass is 79.9. The predicted octanol–water partition coefficient (Wildman–Crippen LogP) is 3.32. The van der Waals surface area contributed by atoms with Crippen molar-refractivity contribution in [3.63, 3.8) is 0 Å². The van der Waals surface area contributed by atoms with Crippen LogP contribution in [-0.4, -0.2) is 23.8 Å². The Bertz CT molecular complexity index is 712. The molecule has 2 rings (SSSR count). The molecule has 2 N–H and O–H groups in total. The molecule has 6 heteroatoms. The Balaban J connectivity index is 2.12. The van der Waals surface area contributed by atoms with E-state index in [0.717, 1.165) is 11.3 Å². The first kappa shape index (κ1) is 16.0. The van der Waals surface area contributed by atoms with Crippen molar-refractivity contribution in [3.05, 3.63) is 58.1 Å². The Hall–Kier alpha value is -2.34. The number of phenolic OH excluding ortho intramolecular Hbond substituents is 1. The normalized spacial score (nSPS) is 11.1. The molecule has 0 saturated carbocycles. The maximum Gasteiger partial charge on any atom is 0.275 e. The van der Waals surface area contributed by atoms with Gasteiger partial charge in [-0.25, -0.2) is 5.43 Å². The molecular weight excluding hydrogens is 348 g/mol. The molecule has 0 aliphatic carbocycles. The molecule has 0 radical (unpaired) electrons. The van der Waals surface area contributed by atoms with Crippen molar-refractivity contribution in [2.45, 2.75) is 6.92 Å². The number of carbonyl (C=O) groups excluding carboxylic acids is 1. The van der Waals surface area contributed by atoms with Crippen LogP contribution in [0.2, 0.25) is 0 Å². The van der Waals surface area contributed by atoms with E-state index in [9.17, 15) is 9.90 Å². The number of benzene rings is 2. The van der Waals surface area contributed by atoms with E-state index in [4.69, 9.17) is 4.74 Å². The van der Waals surface area contributed by atoms with E-state index in [1.54, 1.807) is 20.1 Å². The van der Waals surface area contributed by atoms with Gasteiger partial charge in [0, 0.05) is 4.47 Å². The molecule has 0 fully saturated rings. The van der Waals surface area contributed by atoms with E-state index in [-0.39, 0.29) is 11.3 Å². The quantitative estimate of drug-likeness (QED) is 0.647. The van der Waals surface area contributed by atoms with Gasteiger partial charge >= 0.3 is 0 Å². The summed E-state index contributed by atoms with van der Waals surface area (Å²) in [5.41, 5.74) is 4.09. The highest BCUT2D eigenvalue weighted by Crippen LogP contribution is 2.21. The second-order valence-corrected chi connectivity index (χ2v) is 5.44. The summed E-state index contributed by atoms with van der Waals surface area (Å²) in [6.45, 7) is 1.78. The van der Waals surface area contributed by atoms with Crippen LogP contribution in [-0.2, 0) is 0 Å². The number of nitrogens with zero attached hydrogens (tertiary/aromatic N) is 1. The van der Waals surface area contributed by atoms with Crippen LogP contribution in [0.5, 0.6) is 11.5 Å². The summed E-state index contributed by atoms with van der Waals surface area (Å²) in [5, 5.41) is 13.7. The summed E-state index contributed by atoms with van der Waals surface area (Å²) in [6, 6.07) is 12.0. The average Bonchev–Trinajstić information content (AvgIpc) is 2.54. The van der Waals surface area contributed by atoms with Crippen molar-refractivity contribution in [2.24, 2.45) is 5.10 Å². The fraction of sp³-hybridized carbons (Fsp3) is 0.125. The maximum atomic E-state index is 12.0. The molecule has 0 unspecified atom stereocenters. The molecule has 1 amide bonds. The van der Waals surface area contributed by atoms with E-state index in [2.05, 4.69) is 26.5 Å². The number of phenols is 1. The lowest BCUT2D eigenvalue weighted by molar-refractivity contribution is 0.0952. The Morgan fingerprint density at radius 2 is 1.91 bits per heavy atom. The molecule has 0 aliphatic rings. The van der Waals surface area contributed by atoms with Gasteiger partial charge in [-0.1, -0.05) is 15.9 Å². The summed E-state index contributed by atoms with van der Waals surface area (Å²) in [6.07, 6.45) is 0. The summed E-state index contributed by atoms with van der Waals surface area (Å²) < 4.78 is 5.79. The smallest absolute Gasteiger partial charge is 0.275 e. The minimum atomic E-state index is -0.480. The second-order valence-electron chi connectivity index (χ2n) is 4.53. The van der Waals surface area contributed by atoms with Crippen molar-refractivity contribution in [3.8, 4) is 11.5 Å². The van der Waals surface area contributed by atoms with Gasteiger partial charge in [-0.15, -0.1) is 0 Å². The largest absolute Gasteiger partial charge is 0.507 e. The SMILES string of the molecule is COc1ccc(/C(C)=N\NC(=O)c2cc(Br)ccc2O)cc1. The summed E-state index contributed by atoms with van der Waals surface area (Å²) in [4.78, 5) is 12.0. The zero-order valence-corrected chi connectivity index (χ0v) is 13.7. The second kappa shape index (κ2) is 7.09. The number of rotatable bonds is 4. The van der Waals surface area contributed by atoms with Crippen LogP contribution in [0, 0.1) is 0 Å². The molecule has 0 bridgehead atoms. The van der Waals surface area contributed by atoms with Crippen molar-refractivity contribution >= 4 is 27.5 Å². The third kappa shape index (κ3) is 3.85. The molecule has 2 aromatic carbocycles. The molecule has 22 heavy (non-hydrogen) atoms. The molecule has 0 saturated heterocycles. The lowest BCUT2D eigenvalue weighted by Gasteiger charge is -2.06. The number of hydrazone groups is 1. The van der Waals surface area contributed by atoms with Gasteiger partial charge in [0.25, 0.3) is 5.91 Å². The predicted molar refractivity (Wildman–Crippen MR) is 88.5 cm³/mol. The Kier molecular flexibility index (Phi) is 5.16. The minimum Gasteiger partial charge on any atom is -0.507 e. The number of halogens is 1. The molecule has 0 heterocycles. The van der Waals surface area contributed by atoms with Crippen LogP contribution >= 0.6 is 15.9 Å². The molecule has 114 valence electrons. The third-order valence-electron chi connectivity index (χ3n) is 3.04. The average molecular weight is 363 g/mol. The molecule has 0 atom stereocenters. The Labute approximate surface area is 136 Å². The van der Waals surface area contributed by atoms with Gasteiger partial charge in [-0.3, -0.25) is 4.79 Å². The molecular formula is C16H15BrN2O3. The van der Waals surface area contributed by atoms with Gasteiger partial charge < -0.3 is 9.84 Å². The Morgan fingerprint density at radius 3 is 2.55 bits per heavy atom. The van der Waals surface area contributed by atoms with Crippen LogP contribution in [0.15, 0.2) is 52.0 Å². The number of methoxy groups -OCH3 is 1. The summed E-state index contributed by atoms with van der Waals surface area (Å²) >= 11 is 3.26. The number of carbonyl (C=O) groups is 1. The van der Waals surface area contributed by atoms with Gasteiger partial charge in [0.1, 0.15) is 11.5 Å². The fourth-order valence-corrected chi connectivity index (χ4v) is 2.14. The number of hydrogen-bond donors (Lipinski definition) is 2. The molecule has 2 aromatic rings. The zero-order chi connectivity index (χ0) is 16.1. The van der Waals surface area contributed by atoms with Gasteiger partial charge in [0.05, 0.1) is 18.4 Å². The van der Waals surface area contributed by atoms with Crippen LogP contribution < -0.4 is 10.2 Å². The number of amides is 1. The first-order valence-electron chi connectivity index (χ1n) is 6.49. The van der Waals surface area contributed by atoms with Gasteiger partial charge in [0.15, 0.2) is 0 Å². The van der Waals surface area contributed by atoms with Crippen LogP contribution in [0.1, 0.15) is 22.8 Å². The van der Waals surface area contributed by atoms with E-state index >= 15 is 0 Å². The van der Waals surface area contributed by atoms with Crippen molar-refractivity contribution in [1.29, 1.82) is 0 Å². The highest BCUT2D eigenvalue weighted by molar-refractivity contribution is 9.10. The monoisotopic (exact) mass is 362 g/mol. The van der Waals surface area contributed by atoms with E-state index in [1.165, 1.54) is 12.1 Å². The van der Waals surface area contributed by atoms with Crippen molar-refractivity contribution in [1.82, 2.24) is 5.43 Å². The first-order chi connectivity index (χ1) is 10.5. The molecule has 0 aromatic heterocycles. The number of ether oxygens (including phenoxy) is 1. The standard InChI is InChI=1S/C16H15BrN2O3/c1-10(11-3-6-13(22-2)7-4-11)18-19-16(21)14-9-12(17)5-8-15(14)20/h3-9,20H,1-2H3,(H,19,21)/b18-10-. The third-order valence-corrected chi connectivity index (χ3v) is 3.53. The molecule has 0 aliphatic heterocycles. The fourth-order valence-electron chi connectivity index (χ4n) is 1.78. The van der Waals surface area contributed by atoms with E-state index < -0.39 is 5.91 Å². The van der Waals surface area contributed by atoms with Crippen LogP contribution in [0.25, 0.3) is 0 Å². The van der Waals surface area contributed by atoms with E-state index in [1.807, 2.05) is 24.3 Å². The lowest BCUT2D eigenvalue weighted by atomic mass is 10.1. The topological polar surface area (TPSA) is 70.9 Å². The Morgan fingerprint density at radius 1 is 1.23 bits per heavy atom. The molecule has 0 spiro atoms. The maximum absolute atomic E-state index is 12.0. The van der Waals surface area contributed by atoms with Crippen molar-refractivity contribution < 1.29 is 14.6 Å². The number of hydrogen-bond acceptors (Lipinski definition) is 4. The zero-order valence-electron chi connectivity index (χ0n) is 12.1. The van der Waals surface area contributed by atoms with Gasteiger partial charge in [-0.2, -0.15) is 5.10 Å². The number of aromatic hydroxyl groups is 1. The number of nitrogens with one attached hydrogen (secondary N) is 1. The van der Waals surface area contributed by atoms with Crippen LogP contribution in [0.4, 0.5) is 0 Å². The minimum absolute atomic E-state index is 0.0991. The first-order valence-corrected chi connectivity index (χ1v) is 7.28. The summed E-state index contributed by atoms with van der Waals surface area (Å²) in [5.74, 6) is 0.171. The highest BCUT2D eigenvalue weighted by Gasteiger charge is 2.11. The van der Waals surface area contributed by atoms with Crippen molar-refractivity contribution in [2.75, 3.05) is 7.11 Å². The van der Waals surface area contributed by atoms with Gasteiger partial charge in [0.2, 0.25) is 0 Å². The summed E-state index contributed by atoms with van der Waals surface area (Å²) in [7, 11) is 1.60.